The summed E-state index contributed by atoms with van der Waals surface area (Å²) in [6, 6.07) is 15.2. The summed E-state index contributed by atoms with van der Waals surface area (Å²) in [4.78, 5) is 20.7. The predicted molar refractivity (Wildman–Crippen MR) is 115 cm³/mol. The molecule has 0 radical (unpaired) electrons. The average Bonchev–Trinajstić information content (AvgIpc) is 3.33. The molecule has 4 heterocycles. The van der Waals surface area contributed by atoms with Crippen molar-refractivity contribution < 1.29 is 13.9 Å². The third kappa shape index (κ3) is 3.72. The summed E-state index contributed by atoms with van der Waals surface area (Å²) in [6.07, 6.45) is 4.28. The van der Waals surface area contributed by atoms with Crippen molar-refractivity contribution >= 4 is 17.2 Å². The lowest BCUT2D eigenvalue weighted by Gasteiger charge is -2.49. The maximum atomic E-state index is 13.5. The normalized spacial score (nSPS) is 22.8. The number of amides is 1. The van der Waals surface area contributed by atoms with Crippen LogP contribution in [0.4, 0.5) is 4.39 Å². The van der Waals surface area contributed by atoms with Gasteiger partial charge < -0.3 is 9.64 Å². The Labute approximate surface area is 179 Å². The molecular weight excluding hydrogens is 399 g/mol. The van der Waals surface area contributed by atoms with Gasteiger partial charge in [0.25, 0.3) is 5.91 Å². The standard InChI is InChI=1S/C24H23FN2O2S/c25-18-8-10-23(26-13-18)29-15-17-12-19-9-7-16(17)14-27(19)24(28)21-5-2-1-4-20(21)22-6-3-11-30-22/h1-6,8,10-11,13,16-17,19H,7,9,12,14-15H2. The number of rotatable bonds is 5. The molecule has 1 aromatic carbocycles. The molecule has 0 N–H and O–H groups in total. The highest BCUT2D eigenvalue weighted by atomic mass is 32.1. The number of pyridine rings is 1. The Morgan fingerprint density at radius 2 is 2.07 bits per heavy atom. The van der Waals surface area contributed by atoms with Gasteiger partial charge in [-0.05, 0) is 54.7 Å². The highest BCUT2D eigenvalue weighted by Gasteiger charge is 2.43. The molecule has 3 atom stereocenters. The van der Waals surface area contributed by atoms with Gasteiger partial charge in [-0.2, -0.15) is 0 Å². The molecule has 2 bridgehead atoms. The zero-order chi connectivity index (χ0) is 20.5. The minimum absolute atomic E-state index is 0.133. The molecule has 6 rings (SSSR count). The number of thiophene rings is 1. The van der Waals surface area contributed by atoms with Crippen LogP contribution in [0.2, 0.25) is 0 Å². The fourth-order valence-electron chi connectivity index (χ4n) is 4.79. The van der Waals surface area contributed by atoms with Crippen LogP contribution in [0, 0.1) is 17.7 Å². The number of benzene rings is 1. The summed E-state index contributed by atoms with van der Waals surface area (Å²) in [5, 5.41) is 2.04. The van der Waals surface area contributed by atoms with E-state index in [0.717, 1.165) is 41.8 Å². The number of hydrogen-bond donors (Lipinski definition) is 0. The molecule has 2 saturated heterocycles. The van der Waals surface area contributed by atoms with Crippen LogP contribution in [-0.4, -0.2) is 35.0 Å². The molecule has 3 unspecified atom stereocenters. The Morgan fingerprint density at radius 1 is 1.17 bits per heavy atom. The van der Waals surface area contributed by atoms with Crippen molar-refractivity contribution in [1.82, 2.24) is 9.88 Å². The molecule has 3 fully saturated rings. The lowest BCUT2D eigenvalue weighted by molar-refractivity contribution is -0.00468. The first kappa shape index (κ1) is 19.2. The fraction of sp³-hybridized carbons (Fsp3) is 0.333. The van der Waals surface area contributed by atoms with Crippen molar-refractivity contribution in [2.75, 3.05) is 13.2 Å². The molecule has 6 heteroatoms. The molecule has 0 spiro atoms. The van der Waals surface area contributed by atoms with E-state index in [0.29, 0.717) is 24.3 Å². The number of carbonyl (C=O) groups is 1. The summed E-state index contributed by atoms with van der Waals surface area (Å²) >= 11 is 1.66. The van der Waals surface area contributed by atoms with E-state index >= 15 is 0 Å². The molecule has 1 saturated carbocycles. The second-order valence-corrected chi connectivity index (χ2v) is 9.04. The van der Waals surface area contributed by atoms with Crippen molar-refractivity contribution in [2.45, 2.75) is 25.3 Å². The summed E-state index contributed by atoms with van der Waals surface area (Å²) in [6.45, 7) is 1.33. The number of piperidine rings is 2. The van der Waals surface area contributed by atoms with E-state index in [4.69, 9.17) is 4.74 Å². The molecule has 1 amide bonds. The highest BCUT2D eigenvalue weighted by Crippen LogP contribution is 2.41. The molecule has 3 aliphatic rings. The van der Waals surface area contributed by atoms with Crippen LogP contribution in [0.15, 0.2) is 60.1 Å². The Balaban J connectivity index is 1.29. The van der Waals surface area contributed by atoms with Crippen molar-refractivity contribution in [3.63, 3.8) is 0 Å². The molecule has 154 valence electrons. The number of aromatic nitrogens is 1. The molecule has 1 aliphatic carbocycles. The van der Waals surface area contributed by atoms with Crippen LogP contribution in [0.5, 0.6) is 5.88 Å². The zero-order valence-corrected chi connectivity index (χ0v) is 17.4. The van der Waals surface area contributed by atoms with Gasteiger partial charge in [-0.1, -0.05) is 24.3 Å². The van der Waals surface area contributed by atoms with E-state index in [1.165, 1.54) is 12.3 Å². The number of ether oxygens (including phenoxy) is 1. The van der Waals surface area contributed by atoms with E-state index in [1.807, 2.05) is 35.7 Å². The fourth-order valence-corrected chi connectivity index (χ4v) is 5.56. The molecule has 3 aromatic rings. The topological polar surface area (TPSA) is 42.4 Å². The van der Waals surface area contributed by atoms with E-state index in [1.54, 1.807) is 17.4 Å². The smallest absolute Gasteiger partial charge is 0.254 e. The third-order valence-electron chi connectivity index (χ3n) is 6.33. The Hall–Kier alpha value is -2.73. The van der Waals surface area contributed by atoms with Gasteiger partial charge in [0.05, 0.1) is 12.8 Å². The Morgan fingerprint density at radius 3 is 2.80 bits per heavy atom. The zero-order valence-electron chi connectivity index (χ0n) is 16.5. The summed E-state index contributed by atoms with van der Waals surface area (Å²) in [5.74, 6) is 1.04. The van der Waals surface area contributed by atoms with E-state index in [-0.39, 0.29) is 17.8 Å². The van der Waals surface area contributed by atoms with Crippen LogP contribution < -0.4 is 4.74 Å². The minimum atomic E-state index is -0.365. The highest BCUT2D eigenvalue weighted by molar-refractivity contribution is 7.13. The van der Waals surface area contributed by atoms with Gasteiger partial charge in [-0.15, -0.1) is 11.3 Å². The van der Waals surface area contributed by atoms with Crippen LogP contribution in [0.1, 0.15) is 29.6 Å². The van der Waals surface area contributed by atoms with Crippen molar-refractivity contribution in [3.05, 3.63) is 71.5 Å². The number of nitrogens with zero attached hydrogens (tertiary/aromatic N) is 2. The van der Waals surface area contributed by atoms with E-state index in [2.05, 4.69) is 16.0 Å². The quantitative estimate of drug-likeness (QED) is 0.563. The Kier molecular flexibility index (Phi) is 5.25. The van der Waals surface area contributed by atoms with Crippen LogP contribution in [0.3, 0.4) is 0 Å². The van der Waals surface area contributed by atoms with Gasteiger partial charge >= 0.3 is 0 Å². The number of carbonyl (C=O) groups excluding carboxylic acids is 1. The monoisotopic (exact) mass is 422 g/mol. The maximum absolute atomic E-state index is 13.5. The van der Waals surface area contributed by atoms with E-state index < -0.39 is 0 Å². The van der Waals surface area contributed by atoms with Crippen molar-refractivity contribution in [3.8, 4) is 16.3 Å². The predicted octanol–water partition coefficient (Wildman–Crippen LogP) is 5.27. The second-order valence-electron chi connectivity index (χ2n) is 8.09. The lowest BCUT2D eigenvalue weighted by Crippen LogP contribution is -2.55. The lowest BCUT2D eigenvalue weighted by atomic mass is 9.72. The van der Waals surface area contributed by atoms with Gasteiger partial charge in [-0.25, -0.2) is 9.37 Å². The first-order valence-corrected chi connectivity index (χ1v) is 11.3. The van der Waals surface area contributed by atoms with Gasteiger partial charge in [0.2, 0.25) is 5.88 Å². The van der Waals surface area contributed by atoms with Crippen molar-refractivity contribution in [2.24, 2.45) is 11.8 Å². The molecule has 30 heavy (non-hydrogen) atoms. The van der Waals surface area contributed by atoms with Crippen LogP contribution in [-0.2, 0) is 0 Å². The molecular formula is C24H23FN2O2S. The molecule has 2 aliphatic heterocycles. The summed E-state index contributed by atoms with van der Waals surface area (Å²) in [7, 11) is 0. The SMILES string of the molecule is O=C(c1ccccc1-c1cccs1)N1CC2CCC1CC2COc1ccc(F)cn1. The average molecular weight is 423 g/mol. The Bertz CT molecular complexity index is 1020. The molecule has 4 nitrogen and oxygen atoms in total. The minimum Gasteiger partial charge on any atom is -0.477 e. The number of hydrogen-bond acceptors (Lipinski definition) is 4. The molecule has 2 aromatic heterocycles. The first-order chi connectivity index (χ1) is 14.7. The maximum Gasteiger partial charge on any atom is 0.254 e. The summed E-state index contributed by atoms with van der Waals surface area (Å²) < 4.78 is 18.8. The van der Waals surface area contributed by atoms with Gasteiger partial charge in [0.1, 0.15) is 5.82 Å². The van der Waals surface area contributed by atoms with E-state index in [9.17, 15) is 9.18 Å². The summed E-state index contributed by atoms with van der Waals surface area (Å²) in [5.41, 5.74) is 1.80. The first-order valence-electron chi connectivity index (χ1n) is 10.4. The largest absolute Gasteiger partial charge is 0.477 e. The van der Waals surface area contributed by atoms with Crippen LogP contribution in [0.25, 0.3) is 10.4 Å². The van der Waals surface area contributed by atoms with Gasteiger partial charge in [0, 0.05) is 34.7 Å². The van der Waals surface area contributed by atoms with Crippen LogP contribution >= 0.6 is 11.3 Å². The van der Waals surface area contributed by atoms with Gasteiger partial charge in [-0.3, -0.25) is 4.79 Å². The number of fused-ring (bicyclic) bond motifs is 3. The van der Waals surface area contributed by atoms with Crippen molar-refractivity contribution in [1.29, 1.82) is 0 Å². The number of halogens is 1. The van der Waals surface area contributed by atoms with Gasteiger partial charge in [0.15, 0.2) is 0 Å². The second kappa shape index (κ2) is 8.19. The third-order valence-corrected chi connectivity index (χ3v) is 7.24.